The van der Waals surface area contributed by atoms with E-state index in [0.29, 0.717) is 30.8 Å². The summed E-state index contributed by atoms with van der Waals surface area (Å²) in [5.41, 5.74) is 3.95. The number of thioether (sulfide) groups is 1. The highest BCUT2D eigenvalue weighted by molar-refractivity contribution is 8.14. The molecule has 6 heteroatoms. The molecule has 0 spiro atoms. The van der Waals surface area contributed by atoms with Gasteiger partial charge in [-0.25, -0.2) is 0 Å². The molecule has 1 atom stereocenters. The van der Waals surface area contributed by atoms with Crippen molar-refractivity contribution in [2.75, 3.05) is 0 Å². The summed E-state index contributed by atoms with van der Waals surface area (Å²) in [6.45, 7) is 26.6. The summed E-state index contributed by atoms with van der Waals surface area (Å²) >= 11 is 1.04. The van der Waals surface area contributed by atoms with Crippen LogP contribution in [0.3, 0.4) is 0 Å². The van der Waals surface area contributed by atoms with Crippen molar-refractivity contribution in [2.45, 2.75) is 143 Å². The van der Waals surface area contributed by atoms with Gasteiger partial charge < -0.3 is 14.9 Å². The number of phenols is 2. The van der Waals surface area contributed by atoms with Crippen LogP contribution in [0.15, 0.2) is 24.3 Å². The Hall–Kier alpha value is -2.47. The zero-order valence-corrected chi connectivity index (χ0v) is 29.1. The smallest absolute Gasteiger partial charge is 0.307 e. The minimum Gasteiger partial charge on any atom is -0.507 e. The van der Waals surface area contributed by atoms with Crippen molar-refractivity contribution in [3.05, 3.63) is 57.6 Å². The number of ether oxygens (including phenoxy) is 1. The van der Waals surface area contributed by atoms with E-state index in [9.17, 15) is 19.8 Å². The summed E-state index contributed by atoms with van der Waals surface area (Å²) in [6, 6.07) is 7.98. The molecule has 5 nitrogen and oxygen atoms in total. The lowest BCUT2D eigenvalue weighted by Crippen LogP contribution is -2.18. The van der Waals surface area contributed by atoms with Crippen LogP contribution in [-0.4, -0.2) is 26.7 Å². The molecule has 2 rings (SSSR count). The van der Waals surface area contributed by atoms with Gasteiger partial charge >= 0.3 is 5.97 Å². The fourth-order valence-electron chi connectivity index (χ4n) is 4.97. The second-order valence-corrected chi connectivity index (χ2v) is 17.0. The molecule has 0 aliphatic carbocycles. The number of benzene rings is 2. The first-order valence-electron chi connectivity index (χ1n) is 15.0. The van der Waals surface area contributed by atoms with Gasteiger partial charge in [0.15, 0.2) is 10.6 Å². The molecule has 0 aromatic heterocycles. The van der Waals surface area contributed by atoms with Gasteiger partial charge in [0.05, 0.1) is 0 Å². The molecule has 0 radical (unpaired) electrons. The lowest BCUT2D eigenvalue weighted by molar-refractivity contribution is -0.144. The summed E-state index contributed by atoms with van der Waals surface area (Å²) < 4.78 is 5.58. The normalized spacial score (nSPS) is 13.6. The quantitative estimate of drug-likeness (QED) is 0.233. The number of esters is 1. The molecule has 0 amide bonds. The first kappa shape index (κ1) is 35.7. The van der Waals surface area contributed by atoms with Gasteiger partial charge in [-0.2, -0.15) is 0 Å². The fourth-order valence-corrected chi connectivity index (χ4v) is 5.71. The lowest BCUT2D eigenvalue weighted by Gasteiger charge is -2.28. The van der Waals surface area contributed by atoms with E-state index in [1.165, 1.54) is 0 Å². The molecule has 0 saturated heterocycles. The van der Waals surface area contributed by atoms with Crippen LogP contribution in [-0.2, 0) is 48.8 Å². The van der Waals surface area contributed by atoms with Gasteiger partial charge in [0.1, 0.15) is 11.5 Å². The maximum atomic E-state index is 12.8. The number of carbonyl (C=O) groups is 2. The highest BCUT2D eigenvalue weighted by Crippen LogP contribution is 2.41. The van der Waals surface area contributed by atoms with Crippen molar-refractivity contribution < 1.29 is 24.5 Å². The monoisotopic (exact) mass is 598 g/mol. The molecule has 1 unspecified atom stereocenters. The summed E-state index contributed by atoms with van der Waals surface area (Å²) in [5.74, 6) is 0.298. The van der Waals surface area contributed by atoms with E-state index in [-0.39, 0.29) is 39.2 Å². The third kappa shape index (κ3) is 9.79. The van der Waals surface area contributed by atoms with Crippen LogP contribution in [0.1, 0.15) is 136 Å². The third-order valence-corrected chi connectivity index (χ3v) is 8.30. The molecule has 234 valence electrons. The molecule has 42 heavy (non-hydrogen) atoms. The van der Waals surface area contributed by atoms with Crippen LogP contribution in [0, 0.1) is 0 Å². The second-order valence-electron chi connectivity index (χ2n) is 15.6. The molecule has 0 bridgehead atoms. The number of hydrogen-bond acceptors (Lipinski definition) is 6. The van der Waals surface area contributed by atoms with E-state index in [1.807, 2.05) is 24.3 Å². The van der Waals surface area contributed by atoms with Crippen molar-refractivity contribution in [2.24, 2.45) is 0 Å². The Morgan fingerprint density at radius 1 is 0.643 bits per heavy atom. The van der Waals surface area contributed by atoms with Crippen molar-refractivity contribution in [1.29, 1.82) is 0 Å². The Morgan fingerprint density at radius 3 is 1.26 bits per heavy atom. The number of aryl methyl sites for hydroxylation is 2. The van der Waals surface area contributed by atoms with Crippen molar-refractivity contribution in [3.8, 4) is 11.5 Å². The van der Waals surface area contributed by atoms with Crippen LogP contribution in [0.25, 0.3) is 0 Å². The Bertz CT molecular complexity index is 1110. The van der Waals surface area contributed by atoms with E-state index in [2.05, 4.69) is 83.1 Å². The first-order chi connectivity index (χ1) is 18.9. The Labute approximate surface area is 258 Å². The number of aromatic hydroxyl groups is 2. The van der Waals surface area contributed by atoms with Gasteiger partial charge in [-0.05, 0) is 86.6 Å². The fraction of sp³-hybridized carbons (Fsp3) is 0.611. The summed E-state index contributed by atoms with van der Waals surface area (Å²) in [6.07, 6.45) is 1.54. The molecule has 0 aliphatic rings. The van der Waals surface area contributed by atoms with Gasteiger partial charge in [-0.1, -0.05) is 107 Å². The predicted octanol–water partition coefficient (Wildman–Crippen LogP) is 9.00. The average Bonchev–Trinajstić information content (AvgIpc) is 2.79. The number of carbonyl (C=O) groups excluding carboxylic acids is 2. The minimum atomic E-state index is -0.588. The molecule has 0 heterocycles. The SMILES string of the molecule is CC(OC(=O)CCc1cc(C(C)(C)C)c(O)c(C(C)(C)C)c1)SC(=O)CCc1cc(C(C)(C)C)c(O)c(C(C)(C)C)c1. The summed E-state index contributed by atoms with van der Waals surface area (Å²) in [4.78, 5) is 25.5. The molecular weight excluding hydrogens is 544 g/mol. The first-order valence-corrected chi connectivity index (χ1v) is 15.9. The van der Waals surface area contributed by atoms with Crippen molar-refractivity contribution in [1.82, 2.24) is 0 Å². The van der Waals surface area contributed by atoms with Crippen LogP contribution in [0.5, 0.6) is 11.5 Å². The van der Waals surface area contributed by atoms with E-state index in [1.54, 1.807) is 6.92 Å². The number of rotatable bonds is 8. The molecule has 0 aliphatic heterocycles. The maximum Gasteiger partial charge on any atom is 0.307 e. The zero-order valence-electron chi connectivity index (χ0n) is 28.2. The largest absolute Gasteiger partial charge is 0.507 e. The topological polar surface area (TPSA) is 83.8 Å². The van der Waals surface area contributed by atoms with Gasteiger partial charge in [0.2, 0.25) is 0 Å². The highest BCUT2D eigenvalue weighted by atomic mass is 32.2. The van der Waals surface area contributed by atoms with Gasteiger partial charge in [-0.3, -0.25) is 9.59 Å². The standard InChI is InChI=1S/C36H54O5S/c1-22(41-29(37)16-14-23-18-25(33(2,3)4)31(39)26(19-23)34(5,6)7)42-30(38)17-15-24-20-27(35(8,9)10)32(40)28(21-24)36(11,12)13/h18-22,39-40H,14-17H2,1-13H3. The zero-order chi connectivity index (χ0) is 32.4. The maximum absolute atomic E-state index is 12.8. The third-order valence-electron chi connectivity index (χ3n) is 7.40. The molecule has 2 aromatic carbocycles. The molecule has 0 fully saturated rings. The van der Waals surface area contributed by atoms with E-state index >= 15 is 0 Å². The number of phenolic OH excluding ortho intramolecular Hbond substituents is 2. The molecule has 2 aromatic rings. The van der Waals surface area contributed by atoms with Gasteiger partial charge in [0.25, 0.3) is 0 Å². The van der Waals surface area contributed by atoms with Gasteiger partial charge in [-0.15, -0.1) is 0 Å². The van der Waals surface area contributed by atoms with Crippen LogP contribution in [0.2, 0.25) is 0 Å². The summed E-state index contributed by atoms with van der Waals surface area (Å²) in [7, 11) is 0. The molecular formula is C36H54O5S. The van der Waals surface area contributed by atoms with Crippen molar-refractivity contribution in [3.63, 3.8) is 0 Å². The average molecular weight is 599 g/mol. The highest BCUT2D eigenvalue weighted by Gasteiger charge is 2.28. The summed E-state index contributed by atoms with van der Waals surface area (Å²) in [5, 5.41) is 21.9. The van der Waals surface area contributed by atoms with E-state index in [4.69, 9.17) is 4.74 Å². The van der Waals surface area contributed by atoms with E-state index in [0.717, 1.165) is 45.1 Å². The second kappa shape index (κ2) is 13.0. The lowest BCUT2D eigenvalue weighted by atomic mass is 9.78. The minimum absolute atomic E-state index is 0.0406. The molecule has 2 N–H and O–H groups in total. The van der Waals surface area contributed by atoms with Crippen LogP contribution >= 0.6 is 11.8 Å². The predicted molar refractivity (Wildman–Crippen MR) is 176 cm³/mol. The Kier molecular flexibility index (Phi) is 11.1. The Morgan fingerprint density at radius 2 is 0.952 bits per heavy atom. The Balaban J connectivity index is 2.03. The van der Waals surface area contributed by atoms with Crippen LogP contribution in [0.4, 0.5) is 0 Å². The van der Waals surface area contributed by atoms with E-state index < -0.39 is 5.44 Å². The number of hydrogen-bond donors (Lipinski definition) is 2. The van der Waals surface area contributed by atoms with Crippen molar-refractivity contribution >= 4 is 22.8 Å². The van der Waals surface area contributed by atoms with Gasteiger partial charge in [0, 0.05) is 12.8 Å². The van der Waals surface area contributed by atoms with Crippen LogP contribution < -0.4 is 0 Å². The molecule has 0 saturated carbocycles.